The summed E-state index contributed by atoms with van der Waals surface area (Å²) >= 11 is 0. The van der Waals surface area contributed by atoms with Crippen molar-refractivity contribution in [1.29, 1.82) is 0 Å². The molecule has 1 aromatic carbocycles. The summed E-state index contributed by atoms with van der Waals surface area (Å²) in [5.74, 6) is -0.244. The van der Waals surface area contributed by atoms with E-state index in [-0.39, 0.29) is 12.5 Å². The largest absolute Gasteiger partial charge is 0.497 e. The Morgan fingerprint density at radius 2 is 2.11 bits per heavy atom. The number of methoxy groups -OCH3 is 1. The number of hydrogen-bond acceptors (Lipinski definition) is 4. The second-order valence-electron chi connectivity index (χ2n) is 4.50. The summed E-state index contributed by atoms with van der Waals surface area (Å²) in [5.41, 5.74) is -0.667. The van der Waals surface area contributed by atoms with Crippen LogP contribution in [0.4, 0.5) is 0 Å². The molecule has 0 saturated carbocycles. The van der Waals surface area contributed by atoms with E-state index in [1.807, 2.05) is 31.2 Å². The number of benzene rings is 1. The average Bonchev–Trinajstić information content (AvgIpc) is 2.45. The van der Waals surface area contributed by atoms with Gasteiger partial charge in [0, 0.05) is 5.92 Å². The van der Waals surface area contributed by atoms with Crippen LogP contribution in [0.2, 0.25) is 0 Å². The molecular formula is C15H22O4. The fraction of sp³-hybridized carbons (Fsp3) is 0.533. The molecule has 0 aliphatic rings. The Morgan fingerprint density at radius 1 is 1.42 bits per heavy atom. The molecule has 0 aromatic heterocycles. The van der Waals surface area contributed by atoms with Gasteiger partial charge in [-0.1, -0.05) is 26.0 Å². The van der Waals surface area contributed by atoms with Gasteiger partial charge in [-0.05, 0) is 31.0 Å². The monoisotopic (exact) mass is 266 g/mol. The van der Waals surface area contributed by atoms with Crippen LogP contribution < -0.4 is 4.74 Å². The van der Waals surface area contributed by atoms with Crippen LogP contribution in [0.3, 0.4) is 0 Å². The zero-order valence-electron chi connectivity index (χ0n) is 12.0. The van der Waals surface area contributed by atoms with Crippen LogP contribution >= 0.6 is 0 Å². The molecular weight excluding hydrogens is 244 g/mol. The summed E-state index contributed by atoms with van der Waals surface area (Å²) in [6.45, 7) is 5.57. The molecule has 0 fully saturated rings. The minimum absolute atomic E-state index is 0.256. The number of ether oxygens (including phenoxy) is 2. The molecule has 106 valence electrons. The van der Waals surface area contributed by atoms with Crippen LogP contribution in [0.25, 0.3) is 0 Å². The number of aliphatic hydroxyl groups is 1. The van der Waals surface area contributed by atoms with Crippen molar-refractivity contribution in [2.45, 2.75) is 38.7 Å². The predicted molar refractivity (Wildman–Crippen MR) is 73.3 cm³/mol. The average molecular weight is 266 g/mol. The van der Waals surface area contributed by atoms with Crippen molar-refractivity contribution in [2.24, 2.45) is 0 Å². The van der Waals surface area contributed by atoms with E-state index in [0.29, 0.717) is 12.2 Å². The lowest BCUT2D eigenvalue weighted by Crippen LogP contribution is -2.44. The van der Waals surface area contributed by atoms with E-state index in [1.165, 1.54) is 0 Å². The summed E-state index contributed by atoms with van der Waals surface area (Å²) in [4.78, 5) is 12.0. The van der Waals surface area contributed by atoms with Gasteiger partial charge in [-0.15, -0.1) is 0 Å². The van der Waals surface area contributed by atoms with Crippen molar-refractivity contribution in [3.05, 3.63) is 29.8 Å². The Hall–Kier alpha value is -1.55. The Bertz CT molecular complexity index is 430. The van der Waals surface area contributed by atoms with Gasteiger partial charge in [-0.2, -0.15) is 0 Å². The van der Waals surface area contributed by atoms with E-state index in [9.17, 15) is 9.90 Å². The van der Waals surface area contributed by atoms with E-state index in [0.717, 1.165) is 5.56 Å². The van der Waals surface area contributed by atoms with E-state index in [2.05, 4.69) is 0 Å². The van der Waals surface area contributed by atoms with E-state index < -0.39 is 11.6 Å². The highest BCUT2D eigenvalue weighted by Gasteiger charge is 2.42. The lowest BCUT2D eigenvalue weighted by atomic mass is 9.81. The highest BCUT2D eigenvalue weighted by Crippen LogP contribution is 2.33. The minimum Gasteiger partial charge on any atom is -0.497 e. The first-order valence-corrected chi connectivity index (χ1v) is 6.53. The molecule has 0 heterocycles. The lowest BCUT2D eigenvalue weighted by Gasteiger charge is -2.31. The van der Waals surface area contributed by atoms with Crippen LogP contribution in [0.15, 0.2) is 24.3 Å². The first-order valence-electron chi connectivity index (χ1n) is 6.53. The van der Waals surface area contributed by atoms with E-state index in [1.54, 1.807) is 21.0 Å². The Labute approximate surface area is 114 Å². The molecule has 0 radical (unpaired) electrons. The summed E-state index contributed by atoms with van der Waals surface area (Å²) < 4.78 is 10.1. The van der Waals surface area contributed by atoms with Crippen LogP contribution in [0, 0.1) is 0 Å². The van der Waals surface area contributed by atoms with Crippen LogP contribution in [0.1, 0.15) is 38.7 Å². The van der Waals surface area contributed by atoms with Gasteiger partial charge in [-0.3, -0.25) is 0 Å². The van der Waals surface area contributed by atoms with Crippen molar-refractivity contribution < 1.29 is 19.4 Å². The first kappa shape index (κ1) is 15.5. The molecule has 0 amide bonds. The molecule has 2 atom stereocenters. The maximum Gasteiger partial charge on any atom is 0.338 e. The molecule has 19 heavy (non-hydrogen) atoms. The van der Waals surface area contributed by atoms with E-state index in [4.69, 9.17) is 9.47 Å². The molecule has 4 nitrogen and oxygen atoms in total. The normalized spacial score (nSPS) is 15.4. The number of esters is 1. The summed E-state index contributed by atoms with van der Waals surface area (Å²) in [7, 11) is 1.58. The molecule has 1 N–H and O–H groups in total. The topological polar surface area (TPSA) is 55.8 Å². The third-order valence-electron chi connectivity index (χ3n) is 3.48. The third-order valence-corrected chi connectivity index (χ3v) is 3.48. The smallest absolute Gasteiger partial charge is 0.338 e. The zero-order valence-corrected chi connectivity index (χ0v) is 12.0. The van der Waals surface area contributed by atoms with Gasteiger partial charge < -0.3 is 14.6 Å². The van der Waals surface area contributed by atoms with Crippen LogP contribution in [-0.4, -0.2) is 30.4 Å². The predicted octanol–water partition coefficient (Wildman–Crippen LogP) is 2.50. The van der Waals surface area contributed by atoms with Crippen LogP contribution in [0.5, 0.6) is 5.75 Å². The minimum atomic E-state index is -1.51. The zero-order chi connectivity index (χ0) is 14.5. The Morgan fingerprint density at radius 3 is 2.63 bits per heavy atom. The number of rotatable bonds is 6. The maximum absolute atomic E-state index is 12.0. The fourth-order valence-electron chi connectivity index (χ4n) is 2.07. The summed E-state index contributed by atoms with van der Waals surface area (Å²) in [5, 5.41) is 10.6. The molecule has 0 aliphatic carbocycles. The first-order chi connectivity index (χ1) is 8.99. The Kier molecular flexibility index (Phi) is 5.36. The second-order valence-corrected chi connectivity index (χ2v) is 4.50. The molecule has 2 unspecified atom stereocenters. The standard InChI is InChI=1S/C15H22O4/c1-5-15(17,14(16)19-6-2)11(3)12-8-7-9-13(10-12)18-4/h7-11,17H,5-6H2,1-4H3. The van der Waals surface area contributed by atoms with Crippen LogP contribution in [-0.2, 0) is 9.53 Å². The van der Waals surface area contributed by atoms with Crippen molar-refractivity contribution in [3.8, 4) is 5.75 Å². The molecule has 4 heteroatoms. The number of carbonyl (C=O) groups excluding carboxylic acids is 1. The number of carbonyl (C=O) groups is 1. The molecule has 1 rings (SSSR count). The fourth-order valence-corrected chi connectivity index (χ4v) is 2.07. The molecule has 0 spiro atoms. The number of hydrogen-bond donors (Lipinski definition) is 1. The van der Waals surface area contributed by atoms with Gasteiger partial charge in [0.05, 0.1) is 13.7 Å². The third kappa shape index (κ3) is 3.26. The van der Waals surface area contributed by atoms with E-state index >= 15 is 0 Å². The maximum atomic E-state index is 12.0. The molecule has 0 saturated heterocycles. The second kappa shape index (κ2) is 6.57. The van der Waals surface area contributed by atoms with Gasteiger partial charge >= 0.3 is 5.97 Å². The van der Waals surface area contributed by atoms with Crippen molar-refractivity contribution >= 4 is 5.97 Å². The van der Waals surface area contributed by atoms with Gasteiger partial charge in [0.25, 0.3) is 0 Å². The van der Waals surface area contributed by atoms with Gasteiger partial charge in [0.15, 0.2) is 5.60 Å². The van der Waals surface area contributed by atoms with Gasteiger partial charge in [0.1, 0.15) is 5.75 Å². The highest BCUT2D eigenvalue weighted by atomic mass is 16.5. The lowest BCUT2D eigenvalue weighted by molar-refractivity contribution is -0.167. The van der Waals surface area contributed by atoms with Crippen molar-refractivity contribution in [2.75, 3.05) is 13.7 Å². The van der Waals surface area contributed by atoms with Crippen molar-refractivity contribution in [3.63, 3.8) is 0 Å². The molecule has 0 aliphatic heterocycles. The highest BCUT2D eigenvalue weighted by molar-refractivity contribution is 5.80. The van der Waals surface area contributed by atoms with Gasteiger partial charge in [-0.25, -0.2) is 4.79 Å². The van der Waals surface area contributed by atoms with Crippen molar-refractivity contribution in [1.82, 2.24) is 0 Å². The molecule has 0 bridgehead atoms. The summed E-state index contributed by atoms with van der Waals surface area (Å²) in [6.07, 6.45) is 0.296. The quantitative estimate of drug-likeness (QED) is 0.804. The Balaban J connectivity index is 3.06. The SMILES string of the molecule is CCOC(=O)C(O)(CC)C(C)c1cccc(OC)c1. The molecule has 1 aromatic rings. The summed E-state index contributed by atoms with van der Waals surface area (Å²) in [6, 6.07) is 7.36. The van der Waals surface area contributed by atoms with Gasteiger partial charge in [0.2, 0.25) is 0 Å².